The molecule has 4 atom stereocenters. The second kappa shape index (κ2) is 10.7. The van der Waals surface area contributed by atoms with Crippen molar-refractivity contribution in [3.63, 3.8) is 0 Å². The molecule has 0 saturated heterocycles. The minimum atomic E-state index is -3.95. The van der Waals surface area contributed by atoms with Crippen LogP contribution in [0.3, 0.4) is 0 Å². The predicted octanol–water partition coefficient (Wildman–Crippen LogP) is 2.87. The summed E-state index contributed by atoms with van der Waals surface area (Å²) in [7, 11) is -2.72. The number of ether oxygens (including phenoxy) is 1. The summed E-state index contributed by atoms with van der Waals surface area (Å²) in [5, 5.41) is 16.1. The van der Waals surface area contributed by atoms with Gasteiger partial charge in [0.05, 0.1) is 23.2 Å². The van der Waals surface area contributed by atoms with E-state index < -0.39 is 22.5 Å². The summed E-state index contributed by atoms with van der Waals surface area (Å²) in [6.07, 6.45) is 1.72. The van der Waals surface area contributed by atoms with Crippen LogP contribution >= 0.6 is 22.9 Å². The number of fused-ring (bicyclic) bond motifs is 1. The van der Waals surface area contributed by atoms with Crippen LogP contribution in [0.15, 0.2) is 42.2 Å². The Labute approximate surface area is 223 Å². The number of hydrogen-bond donors (Lipinski definition) is 3. The van der Waals surface area contributed by atoms with E-state index in [4.69, 9.17) is 20.5 Å². The van der Waals surface area contributed by atoms with Crippen LogP contribution in [-0.2, 0) is 25.6 Å². The van der Waals surface area contributed by atoms with Gasteiger partial charge in [-0.05, 0) is 53.5 Å². The van der Waals surface area contributed by atoms with Gasteiger partial charge in [-0.1, -0.05) is 23.7 Å². The molecule has 0 spiro atoms. The number of hydrogen-bond acceptors (Lipinski definition) is 10. The largest absolute Gasteiger partial charge is 0.390 e. The summed E-state index contributed by atoms with van der Waals surface area (Å²) in [4.78, 5) is 22.2. The number of aliphatic hydroxyl groups is 1. The SMILES string of the molecule is CNS(=O)(=O)O[C@@H]1C[C@H](Nc2ncncc2C(=O)c2cc([C@@H]3OCCc4c(Cl)cccc43)cs2)C[C@@H]1O. The van der Waals surface area contributed by atoms with E-state index in [0.29, 0.717) is 22.3 Å². The fraction of sp³-hybridized carbons (Fsp3) is 0.375. The molecule has 0 unspecified atom stereocenters. The number of carbonyl (C=O) groups excluding carboxylic acids is 1. The molecule has 3 heterocycles. The lowest BCUT2D eigenvalue weighted by atomic mass is 9.94. The number of ketones is 1. The molecule has 10 nitrogen and oxygen atoms in total. The molecule has 1 aliphatic heterocycles. The van der Waals surface area contributed by atoms with Crippen LogP contribution in [-0.4, -0.2) is 61.2 Å². The average molecular weight is 565 g/mol. The van der Waals surface area contributed by atoms with E-state index in [0.717, 1.165) is 23.1 Å². The number of benzene rings is 1. The maximum atomic E-state index is 13.5. The van der Waals surface area contributed by atoms with Crippen LogP contribution in [0.5, 0.6) is 0 Å². The van der Waals surface area contributed by atoms with Crippen molar-refractivity contribution in [2.75, 3.05) is 19.0 Å². The Morgan fingerprint density at radius 2 is 2.16 bits per heavy atom. The Balaban J connectivity index is 1.33. The topological polar surface area (TPSA) is 140 Å². The van der Waals surface area contributed by atoms with Gasteiger partial charge in [0.1, 0.15) is 24.4 Å². The van der Waals surface area contributed by atoms with Gasteiger partial charge in [0.2, 0.25) is 5.78 Å². The standard InChI is InChI=1S/C24H25ClN4O6S2/c1-26-37(32,33)35-20-9-14(8-19(20)30)29-24-17(10-27-12-28-24)22(31)21-7-13(11-36-21)23-16-3-2-4-18(25)15(16)5-6-34-23/h2-4,7,10-12,14,19-20,23,26,30H,5-6,8-9H2,1H3,(H,27,28,29)/t14-,19+,20-,23+/m1/s1. The number of carbonyl (C=O) groups is 1. The molecule has 1 saturated carbocycles. The molecule has 1 aromatic carbocycles. The quantitative estimate of drug-likeness (QED) is 0.352. The fourth-order valence-corrected chi connectivity index (χ4v) is 6.46. The van der Waals surface area contributed by atoms with Crippen molar-refractivity contribution in [1.29, 1.82) is 0 Å². The molecule has 13 heteroatoms. The highest BCUT2D eigenvalue weighted by Crippen LogP contribution is 2.38. The summed E-state index contributed by atoms with van der Waals surface area (Å²) < 4.78 is 36.6. The van der Waals surface area contributed by atoms with Crippen molar-refractivity contribution in [3.05, 3.63) is 74.3 Å². The van der Waals surface area contributed by atoms with Crippen molar-refractivity contribution in [2.45, 2.75) is 43.6 Å². The van der Waals surface area contributed by atoms with Crippen molar-refractivity contribution in [3.8, 4) is 0 Å². The molecular weight excluding hydrogens is 540 g/mol. The molecule has 37 heavy (non-hydrogen) atoms. The summed E-state index contributed by atoms with van der Waals surface area (Å²) >= 11 is 7.70. The van der Waals surface area contributed by atoms with Crippen LogP contribution in [0.2, 0.25) is 5.02 Å². The van der Waals surface area contributed by atoms with Gasteiger partial charge in [-0.3, -0.25) is 8.98 Å². The lowest BCUT2D eigenvalue weighted by molar-refractivity contribution is 0.0636. The molecule has 5 rings (SSSR count). The zero-order valence-electron chi connectivity index (χ0n) is 19.8. The number of halogens is 1. The number of aromatic nitrogens is 2. The highest BCUT2D eigenvalue weighted by molar-refractivity contribution is 7.84. The van der Waals surface area contributed by atoms with Crippen molar-refractivity contribution >= 4 is 44.8 Å². The molecule has 1 fully saturated rings. The number of thiophene rings is 1. The van der Waals surface area contributed by atoms with Crippen molar-refractivity contribution in [1.82, 2.24) is 14.7 Å². The minimum absolute atomic E-state index is 0.212. The second-order valence-electron chi connectivity index (χ2n) is 8.84. The predicted molar refractivity (Wildman–Crippen MR) is 138 cm³/mol. The normalized spacial score (nSPS) is 23.5. The van der Waals surface area contributed by atoms with E-state index in [1.807, 2.05) is 29.6 Å². The van der Waals surface area contributed by atoms with Crippen LogP contribution in [0.25, 0.3) is 0 Å². The zero-order chi connectivity index (χ0) is 26.2. The van der Waals surface area contributed by atoms with Crippen molar-refractivity contribution < 1.29 is 27.2 Å². The van der Waals surface area contributed by atoms with Gasteiger partial charge in [-0.2, -0.15) is 13.1 Å². The first-order chi connectivity index (χ1) is 17.8. The fourth-order valence-electron chi connectivity index (χ4n) is 4.68. The maximum absolute atomic E-state index is 13.5. The van der Waals surface area contributed by atoms with Crippen LogP contribution in [0.1, 0.15) is 50.9 Å². The van der Waals surface area contributed by atoms with Crippen LogP contribution in [0.4, 0.5) is 5.82 Å². The molecule has 0 radical (unpaired) electrons. The number of aliphatic hydroxyl groups excluding tert-OH is 1. The van der Waals surface area contributed by atoms with Gasteiger partial charge in [0.25, 0.3) is 0 Å². The average Bonchev–Trinajstić information content (AvgIpc) is 3.50. The third-order valence-corrected chi connectivity index (χ3v) is 8.79. The number of nitrogens with zero attached hydrogens (tertiary/aromatic N) is 2. The lowest BCUT2D eigenvalue weighted by Crippen LogP contribution is -2.31. The number of nitrogens with one attached hydrogen (secondary N) is 2. The van der Waals surface area contributed by atoms with E-state index in [2.05, 4.69) is 20.0 Å². The van der Waals surface area contributed by atoms with E-state index in [1.54, 1.807) is 0 Å². The molecule has 2 aliphatic rings. The Kier molecular flexibility index (Phi) is 7.59. The monoisotopic (exact) mass is 564 g/mol. The number of rotatable bonds is 8. The highest BCUT2D eigenvalue weighted by Gasteiger charge is 2.37. The van der Waals surface area contributed by atoms with Gasteiger partial charge in [-0.15, -0.1) is 11.3 Å². The van der Waals surface area contributed by atoms with E-state index in [1.165, 1.54) is 30.9 Å². The molecule has 196 valence electrons. The van der Waals surface area contributed by atoms with Gasteiger partial charge >= 0.3 is 10.3 Å². The summed E-state index contributed by atoms with van der Waals surface area (Å²) in [5.74, 6) is 0.0425. The summed E-state index contributed by atoms with van der Waals surface area (Å²) in [5.41, 5.74) is 3.20. The zero-order valence-corrected chi connectivity index (χ0v) is 22.1. The van der Waals surface area contributed by atoms with E-state index in [9.17, 15) is 18.3 Å². The van der Waals surface area contributed by atoms with Crippen LogP contribution in [0, 0.1) is 0 Å². The van der Waals surface area contributed by atoms with Crippen LogP contribution < -0.4 is 10.0 Å². The number of anilines is 1. The van der Waals surface area contributed by atoms with Crippen molar-refractivity contribution in [2.24, 2.45) is 0 Å². The molecule has 3 aromatic rings. The van der Waals surface area contributed by atoms with Gasteiger partial charge < -0.3 is 15.2 Å². The smallest absolute Gasteiger partial charge is 0.335 e. The van der Waals surface area contributed by atoms with E-state index in [-0.39, 0.29) is 36.3 Å². The molecule has 2 aromatic heterocycles. The molecule has 0 amide bonds. The Hall–Kier alpha value is -2.45. The second-order valence-corrected chi connectivity index (χ2v) is 11.7. The first kappa shape index (κ1) is 26.2. The highest BCUT2D eigenvalue weighted by atomic mass is 35.5. The third kappa shape index (κ3) is 5.55. The Morgan fingerprint density at radius 1 is 1.32 bits per heavy atom. The molecule has 1 aliphatic carbocycles. The van der Waals surface area contributed by atoms with Gasteiger partial charge in [0.15, 0.2) is 0 Å². The minimum Gasteiger partial charge on any atom is -0.390 e. The molecular formula is C24H25ClN4O6S2. The van der Waals surface area contributed by atoms with E-state index >= 15 is 0 Å². The molecule has 3 N–H and O–H groups in total. The van der Waals surface area contributed by atoms with Gasteiger partial charge in [-0.25, -0.2) is 9.97 Å². The summed E-state index contributed by atoms with van der Waals surface area (Å²) in [6, 6.07) is 7.21. The first-order valence-electron chi connectivity index (χ1n) is 11.6. The maximum Gasteiger partial charge on any atom is 0.335 e. The Morgan fingerprint density at radius 3 is 2.97 bits per heavy atom. The Bertz CT molecular complexity index is 1420. The lowest BCUT2D eigenvalue weighted by Gasteiger charge is -2.26. The van der Waals surface area contributed by atoms with Gasteiger partial charge in [0, 0.05) is 24.3 Å². The first-order valence-corrected chi connectivity index (χ1v) is 14.3. The summed E-state index contributed by atoms with van der Waals surface area (Å²) in [6.45, 7) is 0.536. The third-order valence-electron chi connectivity index (χ3n) is 6.49. The molecule has 0 bridgehead atoms.